The van der Waals surface area contributed by atoms with Gasteiger partial charge < -0.3 is 9.64 Å². The fraction of sp³-hybridized carbons (Fsp3) is 0.562. The predicted octanol–water partition coefficient (Wildman–Crippen LogP) is 1.96. The van der Waals surface area contributed by atoms with E-state index in [4.69, 9.17) is 4.74 Å². The molecule has 1 fully saturated rings. The first-order chi connectivity index (χ1) is 12.1. The highest BCUT2D eigenvalue weighted by molar-refractivity contribution is 7.89. The highest BCUT2D eigenvalue weighted by Crippen LogP contribution is 2.31. The van der Waals surface area contributed by atoms with Gasteiger partial charge in [0, 0.05) is 33.3 Å². The molecule has 0 spiro atoms. The number of halogens is 3. The second-order valence-electron chi connectivity index (χ2n) is 5.89. The lowest BCUT2D eigenvalue weighted by Gasteiger charge is -2.35. The first-order valence-electron chi connectivity index (χ1n) is 8.10. The molecule has 1 unspecified atom stereocenters. The number of alkyl halides is 3. The smallest absolute Gasteiger partial charge is 0.372 e. The van der Waals surface area contributed by atoms with Crippen LogP contribution < -0.4 is 0 Å². The lowest BCUT2D eigenvalue weighted by atomic mass is 10.2. The molecule has 1 atom stereocenters. The number of carbonyl (C=O) groups is 1. The summed E-state index contributed by atoms with van der Waals surface area (Å²) >= 11 is 0. The summed E-state index contributed by atoms with van der Waals surface area (Å²) in [5, 5.41) is 0. The number of sulfonamides is 1. The molecule has 0 aliphatic carbocycles. The predicted molar refractivity (Wildman–Crippen MR) is 87.9 cm³/mol. The molecule has 2 rings (SSSR count). The lowest BCUT2D eigenvalue weighted by Crippen LogP contribution is -2.53. The zero-order valence-corrected chi connectivity index (χ0v) is 15.3. The fourth-order valence-corrected chi connectivity index (χ4v) is 4.25. The first kappa shape index (κ1) is 20.7. The monoisotopic (exact) mass is 394 g/mol. The van der Waals surface area contributed by atoms with Gasteiger partial charge in [0.25, 0.3) is 5.91 Å². The minimum absolute atomic E-state index is 0.0183. The van der Waals surface area contributed by atoms with E-state index >= 15 is 0 Å². The van der Waals surface area contributed by atoms with Gasteiger partial charge in [-0.05, 0) is 24.6 Å². The summed E-state index contributed by atoms with van der Waals surface area (Å²) in [4.78, 5) is 13.4. The Labute approximate surface area is 150 Å². The number of carbonyl (C=O) groups excluding carboxylic acids is 1. The maximum absolute atomic E-state index is 12.8. The average molecular weight is 394 g/mol. The molecular weight excluding hydrogens is 373 g/mol. The molecule has 0 aromatic heterocycles. The molecule has 1 saturated heterocycles. The maximum Gasteiger partial charge on any atom is 0.416 e. The van der Waals surface area contributed by atoms with Gasteiger partial charge in [0.2, 0.25) is 10.0 Å². The quantitative estimate of drug-likeness (QED) is 0.766. The van der Waals surface area contributed by atoms with Crippen molar-refractivity contribution >= 4 is 15.9 Å². The second kappa shape index (κ2) is 7.93. The number of piperazine rings is 1. The van der Waals surface area contributed by atoms with E-state index in [0.717, 1.165) is 22.5 Å². The molecule has 0 radical (unpaired) electrons. The second-order valence-corrected chi connectivity index (χ2v) is 7.83. The lowest BCUT2D eigenvalue weighted by molar-refractivity contribution is -0.143. The molecule has 146 valence electrons. The molecule has 10 heteroatoms. The van der Waals surface area contributed by atoms with E-state index in [9.17, 15) is 26.4 Å². The van der Waals surface area contributed by atoms with Crippen LogP contribution in [0.1, 0.15) is 18.9 Å². The van der Waals surface area contributed by atoms with E-state index < -0.39 is 32.8 Å². The topological polar surface area (TPSA) is 66.9 Å². The summed E-state index contributed by atoms with van der Waals surface area (Å²) in [7, 11) is -2.63. The molecule has 26 heavy (non-hydrogen) atoms. The maximum atomic E-state index is 12.8. The number of benzene rings is 1. The van der Waals surface area contributed by atoms with Gasteiger partial charge in [0.1, 0.15) is 6.10 Å². The molecule has 1 heterocycles. The van der Waals surface area contributed by atoms with E-state index in [1.54, 1.807) is 6.92 Å². The van der Waals surface area contributed by atoms with Gasteiger partial charge in [-0.25, -0.2) is 8.42 Å². The SMILES string of the molecule is CCC(OC)C(=O)N1CCN(S(=O)(=O)c2cccc(C(F)(F)F)c2)CC1. The van der Waals surface area contributed by atoms with E-state index in [1.807, 2.05) is 0 Å². The summed E-state index contributed by atoms with van der Waals surface area (Å²) in [5.41, 5.74) is -1.02. The minimum atomic E-state index is -4.62. The van der Waals surface area contributed by atoms with Crippen molar-refractivity contribution in [1.82, 2.24) is 9.21 Å². The van der Waals surface area contributed by atoms with Crippen LogP contribution >= 0.6 is 0 Å². The highest BCUT2D eigenvalue weighted by Gasteiger charge is 2.35. The van der Waals surface area contributed by atoms with Crippen LogP contribution in [0.3, 0.4) is 0 Å². The highest BCUT2D eigenvalue weighted by atomic mass is 32.2. The van der Waals surface area contributed by atoms with Crippen molar-refractivity contribution in [3.63, 3.8) is 0 Å². The van der Waals surface area contributed by atoms with Crippen molar-refractivity contribution in [2.45, 2.75) is 30.5 Å². The number of hydrogen-bond donors (Lipinski definition) is 0. The van der Waals surface area contributed by atoms with Gasteiger partial charge in [-0.3, -0.25) is 4.79 Å². The Balaban J connectivity index is 2.12. The van der Waals surface area contributed by atoms with Crippen molar-refractivity contribution in [2.75, 3.05) is 33.3 Å². The zero-order chi connectivity index (χ0) is 19.5. The molecular formula is C16H21F3N2O4S. The third-order valence-corrected chi connectivity index (χ3v) is 6.17. The van der Waals surface area contributed by atoms with Crippen LogP contribution in [0.15, 0.2) is 29.2 Å². The first-order valence-corrected chi connectivity index (χ1v) is 9.54. The Bertz CT molecular complexity index is 740. The van der Waals surface area contributed by atoms with Gasteiger partial charge in [0.05, 0.1) is 10.5 Å². The minimum Gasteiger partial charge on any atom is -0.372 e. The van der Waals surface area contributed by atoms with Crippen LogP contribution in [0.4, 0.5) is 13.2 Å². The summed E-state index contributed by atoms with van der Waals surface area (Å²) in [6.45, 7) is 2.17. The number of methoxy groups -OCH3 is 1. The normalized spacial score (nSPS) is 18.0. The molecule has 1 aliphatic rings. The number of amides is 1. The summed E-state index contributed by atoms with van der Waals surface area (Å²) < 4.78 is 69.9. The van der Waals surface area contributed by atoms with E-state index in [2.05, 4.69) is 0 Å². The van der Waals surface area contributed by atoms with Crippen LogP contribution in [-0.2, 0) is 25.7 Å². The van der Waals surface area contributed by atoms with Crippen LogP contribution in [0, 0.1) is 0 Å². The van der Waals surface area contributed by atoms with Crippen molar-refractivity contribution in [3.8, 4) is 0 Å². The Hall–Kier alpha value is -1.65. The van der Waals surface area contributed by atoms with Crippen LogP contribution in [-0.4, -0.2) is 62.9 Å². The number of hydrogen-bond acceptors (Lipinski definition) is 4. The van der Waals surface area contributed by atoms with Crippen LogP contribution in [0.5, 0.6) is 0 Å². The Morgan fingerprint density at radius 1 is 1.23 bits per heavy atom. The zero-order valence-electron chi connectivity index (χ0n) is 14.5. The molecule has 1 amide bonds. The van der Waals surface area contributed by atoms with Gasteiger partial charge in [0.15, 0.2) is 0 Å². The molecule has 6 nitrogen and oxygen atoms in total. The molecule has 0 N–H and O–H groups in total. The van der Waals surface area contributed by atoms with Crippen LogP contribution in [0.25, 0.3) is 0 Å². The fourth-order valence-electron chi connectivity index (χ4n) is 2.78. The van der Waals surface area contributed by atoms with Gasteiger partial charge >= 0.3 is 6.18 Å². The van der Waals surface area contributed by atoms with E-state index in [1.165, 1.54) is 12.0 Å². The van der Waals surface area contributed by atoms with Crippen molar-refractivity contribution < 1.29 is 31.1 Å². The van der Waals surface area contributed by atoms with E-state index in [0.29, 0.717) is 12.5 Å². The number of rotatable bonds is 5. The molecule has 1 aromatic carbocycles. The average Bonchev–Trinajstić information content (AvgIpc) is 2.62. The molecule has 0 bridgehead atoms. The summed E-state index contributed by atoms with van der Waals surface area (Å²) in [6.07, 6.45) is -4.70. The standard InChI is InChI=1S/C16H21F3N2O4S/c1-3-14(25-2)15(22)20-7-9-21(10-8-20)26(23,24)13-6-4-5-12(11-13)16(17,18)19/h4-6,11,14H,3,7-10H2,1-2H3. The summed E-state index contributed by atoms with van der Waals surface area (Å²) in [6, 6.07) is 3.66. The van der Waals surface area contributed by atoms with E-state index in [-0.39, 0.29) is 32.1 Å². The van der Waals surface area contributed by atoms with Crippen LogP contribution in [0.2, 0.25) is 0 Å². The van der Waals surface area contributed by atoms with Crippen molar-refractivity contribution in [3.05, 3.63) is 29.8 Å². The third-order valence-electron chi connectivity index (χ3n) is 4.28. The van der Waals surface area contributed by atoms with Gasteiger partial charge in [-0.1, -0.05) is 13.0 Å². The van der Waals surface area contributed by atoms with Crippen molar-refractivity contribution in [1.29, 1.82) is 0 Å². The number of ether oxygens (including phenoxy) is 1. The Morgan fingerprint density at radius 3 is 2.35 bits per heavy atom. The molecule has 1 aliphatic heterocycles. The van der Waals surface area contributed by atoms with Crippen molar-refractivity contribution in [2.24, 2.45) is 0 Å². The molecule has 0 saturated carbocycles. The third kappa shape index (κ3) is 4.36. The summed E-state index contributed by atoms with van der Waals surface area (Å²) in [5.74, 6) is -0.217. The van der Waals surface area contributed by atoms with Gasteiger partial charge in [-0.15, -0.1) is 0 Å². The molecule has 1 aromatic rings. The number of nitrogens with zero attached hydrogens (tertiary/aromatic N) is 2. The Morgan fingerprint density at radius 2 is 1.85 bits per heavy atom. The Kier molecular flexibility index (Phi) is 6.30. The largest absolute Gasteiger partial charge is 0.416 e. The van der Waals surface area contributed by atoms with Gasteiger partial charge in [-0.2, -0.15) is 17.5 Å².